The summed E-state index contributed by atoms with van der Waals surface area (Å²) in [6.07, 6.45) is 11.8. The molecule has 0 spiro atoms. The van der Waals surface area contributed by atoms with Crippen molar-refractivity contribution in [1.29, 1.82) is 0 Å². The lowest BCUT2D eigenvalue weighted by Gasteiger charge is -2.37. The highest BCUT2D eigenvalue weighted by atomic mass is 15.2. The van der Waals surface area contributed by atoms with Crippen LogP contribution in [0.5, 0.6) is 0 Å². The molecule has 0 bridgehead atoms. The Morgan fingerprint density at radius 1 is 1.03 bits per heavy atom. The van der Waals surface area contributed by atoms with Gasteiger partial charge in [-0.15, -0.1) is 0 Å². The molecule has 2 atom stereocenters. The Balaban J connectivity index is 1.44. The van der Waals surface area contributed by atoms with Gasteiger partial charge < -0.3 is 10.2 Å². The molecule has 1 saturated heterocycles. The fourth-order valence-corrected chi connectivity index (χ4v) is 6.15. The Morgan fingerprint density at radius 2 is 1.87 bits per heavy atom. The molecular formula is C33H41N5. The summed E-state index contributed by atoms with van der Waals surface area (Å²) in [5.74, 6) is 2.70. The monoisotopic (exact) mass is 507 g/mol. The zero-order chi connectivity index (χ0) is 26.6. The van der Waals surface area contributed by atoms with Crippen molar-refractivity contribution >= 4 is 22.4 Å². The van der Waals surface area contributed by atoms with Crippen LogP contribution in [0.15, 0.2) is 73.0 Å². The SMILES string of the molecule is C=C/C=C\C=C1\C(C)CN(Cc2nc(Nc3ccc4c(c3)CCC4)c3cccc(C)c3n2)CC(C)CN1C. The van der Waals surface area contributed by atoms with E-state index in [9.17, 15) is 0 Å². The number of allylic oxidation sites excluding steroid dienone is 4. The van der Waals surface area contributed by atoms with Crippen LogP contribution in [-0.2, 0) is 19.4 Å². The van der Waals surface area contributed by atoms with Crippen LogP contribution in [0.4, 0.5) is 11.5 Å². The predicted octanol–water partition coefficient (Wildman–Crippen LogP) is 6.82. The number of hydrogen-bond donors (Lipinski definition) is 1. The van der Waals surface area contributed by atoms with E-state index in [0.717, 1.165) is 54.4 Å². The van der Waals surface area contributed by atoms with Gasteiger partial charge in [0.1, 0.15) is 11.6 Å². The van der Waals surface area contributed by atoms with E-state index in [-0.39, 0.29) is 0 Å². The molecule has 1 aliphatic heterocycles. The van der Waals surface area contributed by atoms with Gasteiger partial charge in [-0.25, -0.2) is 9.97 Å². The highest BCUT2D eigenvalue weighted by molar-refractivity contribution is 5.92. The van der Waals surface area contributed by atoms with Gasteiger partial charge >= 0.3 is 0 Å². The molecule has 0 amide bonds. The molecule has 0 radical (unpaired) electrons. The third-order valence-corrected chi connectivity index (χ3v) is 7.85. The molecular weight excluding hydrogens is 466 g/mol. The molecule has 0 saturated carbocycles. The van der Waals surface area contributed by atoms with Gasteiger partial charge in [0.05, 0.1) is 12.1 Å². The Kier molecular flexibility index (Phi) is 7.94. The minimum atomic E-state index is 0.396. The Hall–Kier alpha value is -3.44. The van der Waals surface area contributed by atoms with Crippen molar-refractivity contribution < 1.29 is 0 Å². The summed E-state index contributed by atoms with van der Waals surface area (Å²) in [5.41, 5.74) is 7.62. The Bertz CT molecular complexity index is 1370. The van der Waals surface area contributed by atoms with Gasteiger partial charge in [0.2, 0.25) is 0 Å². The van der Waals surface area contributed by atoms with Gasteiger partial charge in [0.15, 0.2) is 0 Å². The first-order valence-electron chi connectivity index (χ1n) is 14.0. The normalized spacial score (nSPS) is 21.6. The number of para-hydroxylation sites is 1. The largest absolute Gasteiger partial charge is 0.377 e. The van der Waals surface area contributed by atoms with Crippen molar-refractivity contribution in [3.8, 4) is 0 Å². The minimum absolute atomic E-state index is 0.396. The highest BCUT2D eigenvalue weighted by Gasteiger charge is 2.24. The van der Waals surface area contributed by atoms with Crippen molar-refractivity contribution in [2.24, 2.45) is 11.8 Å². The number of benzene rings is 2. The summed E-state index contributed by atoms with van der Waals surface area (Å²) in [6.45, 7) is 14.3. The third kappa shape index (κ3) is 5.83. The molecule has 5 heteroatoms. The number of fused-ring (bicyclic) bond motifs is 2. The molecule has 5 nitrogen and oxygen atoms in total. The summed E-state index contributed by atoms with van der Waals surface area (Å²) >= 11 is 0. The van der Waals surface area contributed by atoms with Gasteiger partial charge in [0, 0.05) is 49.4 Å². The van der Waals surface area contributed by atoms with E-state index < -0.39 is 0 Å². The maximum absolute atomic E-state index is 5.11. The number of rotatable bonds is 6. The van der Waals surface area contributed by atoms with Crippen LogP contribution in [0.25, 0.3) is 10.9 Å². The average molecular weight is 508 g/mol. The lowest BCUT2D eigenvalue weighted by molar-refractivity contribution is 0.151. The lowest BCUT2D eigenvalue weighted by atomic mass is 10.00. The van der Waals surface area contributed by atoms with Crippen molar-refractivity contribution in [2.75, 3.05) is 32.0 Å². The quantitative estimate of drug-likeness (QED) is 0.371. The molecule has 2 unspecified atom stereocenters. The predicted molar refractivity (Wildman–Crippen MR) is 160 cm³/mol. The van der Waals surface area contributed by atoms with Crippen LogP contribution in [0, 0.1) is 18.8 Å². The number of aryl methyl sites for hydroxylation is 3. The van der Waals surface area contributed by atoms with Crippen LogP contribution in [-0.4, -0.2) is 46.4 Å². The molecule has 38 heavy (non-hydrogen) atoms. The molecule has 1 N–H and O–H groups in total. The highest BCUT2D eigenvalue weighted by Crippen LogP contribution is 2.30. The third-order valence-electron chi connectivity index (χ3n) is 7.85. The van der Waals surface area contributed by atoms with E-state index in [1.54, 1.807) is 0 Å². The van der Waals surface area contributed by atoms with E-state index in [1.807, 2.05) is 12.2 Å². The zero-order valence-electron chi connectivity index (χ0n) is 23.4. The van der Waals surface area contributed by atoms with Crippen LogP contribution in [0.3, 0.4) is 0 Å². The molecule has 2 heterocycles. The van der Waals surface area contributed by atoms with E-state index in [0.29, 0.717) is 11.8 Å². The number of anilines is 2. The second-order valence-electron chi connectivity index (χ2n) is 11.2. The average Bonchev–Trinajstić information content (AvgIpc) is 3.34. The summed E-state index contributed by atoms with van der Waals surface area (Å²) in [5, 5.41) is 4.74. The van der Waals surface area contributed by atoms with Gasteiger partial charge in [-0.3, -0.25) is 4.90 Å². The summed E-state index contributed by atoms with van der Waals surface area (Å²) in [7, 11) is 2.21. The molecule has 2 aromatic carbocycles. The number of nitrogens with zero attached hydrogens (tertiary/aromatic N) is 4. The van der Waals surface area contributed by atoms with Gasteiger partial charge in [-0.1, -0.05) is 56.9 Å². The first-order valence-corrected chi connectivity index (χ1v) is 14.0. The molecule has 1 aliphatic carbocycles. The topological polar surface area (TPSA) is 44.3 Å². The van der Waals surface area contributed by atoms with Gasteiger partial charge in [-0.2, -0.15) is 0 Å². The summed E-state index contributed by atoms with van der Waals surface area (Å²) in [4.78, 5) is 15.1. The van der Waals surface area contributed by atoms with Gasteiger partial charge in [0.25, 0.3) is 0 Å². The zero-order valence-corrected chi connectivity index (χ0v) is 23.4. The van der Waals surface area contributed by atoms with E-state index in [2.05, 4.69) is 98.1 Å². The number of nitrogens with one attached hydrogen (secondary N) is 1. The second kappa shape index (κ2) is 11.5. The summed E-state index contributed by atoms with van der Waals surface area (Å²) < 4.78 is 0. The fraction of sp³-hybridized carbons (Fsp3) is 0.394. The van der Waals surface area contributed by atoms with Crippen molar-refractivity contribution in [3.63, 3.8) is 0 Å². The van der Waals surface area contributed by atoms with Crippen molar-refractivity contribution in [1.82, 2.24) is 19.8 Å². The number of hydrogen-bond acceptors (Lipinski definition) is 5. The van der Waals surface area contributed by atoms with Gasteiger partial charge in [-0.05, 0) is 73.1 Å². The molecule has 2 aliphatic rings. The lowest BCUT2D eigenvalue weighted by Crippen LogP contribution is -2.42. The number of aromatic nitrogens is 2. The van der Waals surface area contributed by atoms with Crippen LogP contribution in [0.2, 0.25) is 0 Å². The summed E-state index contributed by atoms with van der Waals surface area (Å²) in [6, 6.07) is 13.1. The molecule has 3 aromatic rings. The maximum atomic E-state index is 5.11. The van der Waals surface area contributed by atoms with E-state index in [4.69, 9.17) is 9.97 Å². The molecule has 1 fully saturated rings. The maximum Gasteiger partial charge on any atom is 0.145 e. The van der Waals surface area contributed by atoms with Crippen molar-refractivity contribution in [3.05, 3.63) is 95.5 Å². The smallest absolute Gasteiger partial charge is 0.145 e. The molecule has 1 aromatic heterocycles. The van der Waals surface area contributed by atoms with Crippen molar-refractivity contribution in [2.45, 2.75) is 46.6 Å². The first-order chi connectivity index (χ1) is 18.4. The fourth-order valence-electron chi connectivity index (χ4n) is 6.15. The van der Waals surface area contributed by atoms with E-state index >= 15 is 0 Å². The first kappa shape index (κ1) is 26.2. The van der Waals surface area contributed by atoms with Crippen LogP contribution >= 0.6 is 0 Å². The molecule has 198 valence electrons. The van der Waals surface area contributed by atoms with Crippen LogP contribution in [0.1, 0.15) is 42.8 Å². The molecule has 5 rings (SSSR count). The van der Waals surface area contributed by atoms with E-state index in [1.165, 1.54) is 41.6 Å². The second-order valence-corrected chi connectivity index (χ2v) is 11.2. The van der Waals surface area contributed by atoms with Crippen LogP contribution < -0.4 is 5.32 Å². The minimum Gasteiger partial charge on any atom is -0.377 e. The Morgan fingerprint density at radius 3 is 2.71 bits per heavy atom. The Labute approximate surface area is 228 Å². The standard InChI is InChI=1S/C33H41N5/c1-6-7-8-15-30-25(4)21-38(20-23(2)19-37(30)5)22-31-35-32-24(3)11-9-14-29(32)33(36-31)34-28-17-16-26-12-10-13-27(26)18-28/h6-9,11,14-18,23,25H,1,10,12-13,19-22H2,2-5H3,(H,34,35,36)/b8-7-,30-15-.